The molecule has 19 heavy (non-hydrogen) atoms. The van der Waals surface area contributed by atoms with Crippen LogP contribution in [-0.4, -0.2) is 19.0 Å². The maximum atomic E-state index is 4.31. The Morgan fingerprint density at radius 2 is 1.84 bits per heavy atom. The largest absolute Gasteiger partial charge is 0.354 e. The Morgan fingerprint density at radius 1 is 1.16 bits per heavy atom. The standard InChI is InChI=1S/C16H25N3/c1-13-8-10-14(11-9-13)12-18-16(17-2)19-15-6-4-3-5-7-15/h8-11,15H,3-7,12H2,1-2H3,(H2,17,18,19). The molecule has 2 N–H and O–H groups in total. The second-order valence-electron chi connectivity index (χ2n) is 5.39. The maximum absolute atomic E-state index is 4.31. The van der Waals surface area contributed by atoms with Gasteiger partial charge in [0.2, 0.25) is 0 Å². The van der Waals surface area contributed by atoms with Crippen LogP contribution in [0.3, 0.4) is 0 Å². The van der Waals surface area contributed by atoms with Crippen LogP contribution in [-0.2, 0) is 6.54 Å². The normalized spacial score (nSPS) is 17.3. The van der Waals surface area contributed by atoms with E-state index in [4.69, 9.17) is 0 Å². The Hall–Kier alpha value is -1.51. The second-order valence-corrected chi connectivity index (χ2v) is 5.39. The van der Waals surface area contributed by atoms with Gasteiger partial charge in [-0.1, -0.05) is 49.1 Å². The molecular weight excluding hydrogens is 234 g/mol. The van der Waals surface area contributed by atoms with Gasteiger partial charge in [0.1, 0.15) is 0 Å². The number of rotatable bonds is 3. The average molecular weight is 259 g/mol. The second kappa shape index (κ2) is 7.17. The fourth-order valence-electron chi connectivity index (χ4n) is 2.53. The molecule has 1 aromatic rings. The zero-order valence-electron chi connectivity index (χ0n) is 12.1. The Morgan fingerprint density at radius 3 is 2.47 bits per heavy atom. The molecule has 0 saturated heterocycles. The third kappa shape index (κ3) is 4.58. The SMILES string of the molecule is CN=C(NCc1ccc(C)cc1)NC1CCCCC1. The lowest BCUT2D eigenvalue weighted by Gasteiger charge is -2.24. The highest BCUT2D eigenvalue weighted by molar-refractivity contribution is 5.79. The average Bonchev–Trinajstić information content (AvgIpc) is 2.46. The van der Waals surface area contributed by atoms with Gasteiger partial charge in [-0.2, -0.15) is 0 Å². The molecule has 1 aromatic carbocycles. The van der Waals surface area contributed by atoms with Gasteiger partial charge in [-0.15, -0.1) is 0 Å². The lowest BCUT2D eigenvalue weighted by atomic mass is 9.96. The highest BCUT2D eigenvalue weighted by Crippen LogP contribution is 2.17. The van der Waals surface area contributed by atoms with Gasteiger partial charge in [-0.25, -0.2) is 0 Å². The molecule has 0 bridgehead atoms. The third-order valence-electron chi connectivity index (χ3n) is 3.75. The van der Waals surface area contributed by atoms with Crippen LogP contribution in [0.25, 0.3) is 0 Å². The van der Waals surface area contributed by atoms with Crippen molar-refractivity contribution in [3.05, 3.63) is 35.4 Å². The van der Waals surface area contributed by atoms with Gasteiger partial charge in [0.25, 0.3) is 0 Å². The highest BCUT2D eigenvalue weighted by Gasteiger charge is 2.14. The minimum absolute atomic E-state index is 0.595. The lowest BCUT2D eigenvalue weighted by Crippen LogP contribution is -2.43. The molecule has 0 radical (unpaired) electrons. The van der Waals surface area contributed by atoms with Gasteiger partial charge in [0.05, 0.1) is 0 Å². The van der Waals surface area contributed by atoms with E-state index in [2.05, 4.69) is 46.8 Å². The van der Waals surface area contributed by atoms with Crippen molar-refractivity contribution in [3.63, 3.8) is 0 Å². The van der Waals surface area contributed by atoms with Crippen LogP contribution in [0.15, 0.2) is 29.3 Å². The molecule has 3 nitrogen and oxygen atoms in total. The van der Waals surface area contributed by atoms with Crippen molar-refractivity contribution in [2.24, 2.45) is 4.99 Å². The van der Waals surface area contributed by atoms with Crippen LogP contribution >= 0.6 is 0 Å². The Balaban J connectivity index is 1.80. The quantitative estimate of drug-likeness (QED) is 0.646. The van der Waals surface area contributed by atoms with E-state index in [0.29, 0.717) is 6.04 Å². The van der Waals surface area contributed by atoms with Crippen molar-refractivity contribution < 1.29 is 0 Å². The van der Waals surface area contributed by atoms with Gasteiger partial charge in [-0.3, -0.25) is 4.99 Å². The fraction of sp³-hybridized carbons (Fsp3) is 0.562. The zero-order chi connectivity index (χ0) is 13.5. The van der Waals surface area contributed by atoms with Crippen molar-refractivity contribution in [2.45, 2.75) is 51.6 Å². The molecule has 1 saturated carbocycles. The Labute approximate surface area is 116 Å². The van der Waals surface area contributed by atoms with Crippen LogP contribution in [0, 0.1) is 6.92 Å². The summed E-state index contributed by atoms with van der Waals surface area (Å²) in [6, 6.07) is 9.22. The van der Waals surface area contributed by atoms with E-state index < -0.39 is 0 Å². The third-order valence-corrected chi connectivity index (χ3v) is 3.75. The van der Waals surface area contributed by atoms with Gasteiger partial charge < -0.3 is 10.6 Å². The summed E-state index contributed by atoms with van der Waals surface area (Å²) in [6.07, 6.45) is 6.60. The Bertz CT molecular complexity index is 403. The first-order chi connectivity index (χ1) is 9.28. The molecule has 0 unspecified atom stereocenters. The van der Waals surface area contributed by atoms with Gasteiger partial charge >= 0.3 is 0 Å². The predicted octanol–water partition coefficient (Wildman–Crippen LogP) is 2.99. The molecule has 0 aromatic heterocycles. The smallest absolute Gasteiger partial charge is 0.191 e. The summed E-state index contributed by atoms with van der Waals surface area (Å²) in [7, 11) is 1.84. The molecule has 1 fully saturated rings. The molecular formula is C16H25N3. The zero-order valence-corrected chi connectivity index (χ0v) is 12.1. The van der Waals surface area contributed by atoms with E-state index in [-0.39, 0.29) is 0 Å². The van der Waals surface area contributed by atoms with Crippen molar-refractivity contribution in [2.75, 3.05) is 7.05 Å². The van der Waals surface area contributed by atoms with Crippen molar-refractivity contribution in [1.82, 2.24) is 10.6 Å². The summed E-state index contributed by atoms with van der Waals surface area (Å²) < 4.78 is 0. The number of hydrogen-bond acceptors (Lipinski definition) is 1. The topological polar surface area (TPSA) is 36.4 Å². The van der Waals surface area contributed by atoms with Crippen molar-refractivity contribution in [3.8, 4) is 0 Å². The summed E-state index contributed by atoms with van der Waals surface area (Å²) >= 11 is 0. The number of hydrogen-bond donors (Lipinski definition) is 2. The maximum Gasteiger partial charge on any atom is 0.191 e. The van der Waals surface area contributed by atoms with Crippen LogP contribution < -0.4 is 10.6 Å². The van der Waals surface area contributed by atoms with E-state index in [1.165, 1.54) is 43.2 Å². The fourth-order valence-corrected chi connectivity index (χ4v) is 2.53. The molecule has 0 aliphatic heterocycles. The van der Waals surface area contributed by atoms with Gasteiger partial charge in [0, 0.05) is 19.6 Å². The van der Waals surface area contributed by atoms with Crippen LogP contribution in [0.1, 0.15) is 43.2 Å². The van der Waals surface area contributed by atoms with Gasteiger partial charge in [0.15, 0.2) is 5.96 Å². The number of aliphatic imine (C=N–C) groups is 1. The van der Waals surface area contributed by atoms with Crippen molar-refractivity contribution in [1.29, 1.82) is 0 Å². The summed E-state index contributed by atoms with van der Waals surface area (Å²) in [4.78, 5) is 4.31. The van der Waals surface area contributed by atoms with E-state index in [0.717, 1.165) is 12.5 Å². The molecule has 1 aliphatic carbocycles. The summed E-state index contributed by atoms with van der Waals surface area (Å²) in [5.41, 5.74) is 2.59. The number of aryl methyl sites for hydroxylation is 1. The number of nitrogens with zero attached hydrogens (tertiary/aromatic N) is 1. The lowest BCUT2D eigenvalue weighted by molar-refractivity contribution is 0.410. The number of benzene rings is 1. The van der Waals surface area contributed by atoms with Crippen LogP contribution in [0.2, 0.25) is 0 Å². The highest BCUT2D eigenvalue weighted by atomic mass is 15.2. The van der Waals surface area contributed by atoms with E-state index >= 15 is 0 Å². The number of guanidine groups is 1. The predicted molar refractivity (Wildman–Crippen MR) is 81.4 cm³/mol. The summed E-state index contributed by atoms with van der Waals surface area (Å²) in [5.74, 6) is 0.924. The molecule has 0 heterocycles. The van der Waals surface area contributed by atoms with E-state index in [1.807, 2.05) is 7.05 Å². The van der Waals surface area contributed by atoms with E-state index in [9.17, 15) is 0 Å². The molecule has 0 spiro atoms. The van der Waals surface area contributed by atoms with Crippen LogP contribution in [0.5, 0.6) is 0 Å². The summed E-state index contributed by atoms with van der Waals surface area (Å²) in [5, 5.41) is 6.92. The van der Waals surface area contributed by atoms with Crippen molar-refractivity contribution >= 4 is 5.96 Å². The van der Waals surface area contributed by atoms with Gasteiger partial charge in [-0.05, 0) is 25.3 Å². The molecule has 0 amide bonds. The minimum Gasteiger partial charge on any atom is -0.354 e. The van der Waals surface area contributed by atoms with E-state index in [1.54, 1.807) is 0 Å². The Kier molecular flexibility index (Phi) is 5.25. The molecule has 0 atom stereocenters. The first-order valence-electron chi connectivity index (χ1n) is 7.30. The molecule has 2 rings (SSSR count). The molecule has 104 valence electrons. The molecule has 1 aliphatic rings. The first kappa shape index (κ1) is 13.9. The van der Waals surface area contributed by atoms with Crippen LogP contribution in [0.4, 0.5) is 0 Å². The summed E-state index contributed by atoms with van der Waals surface area (Å²) in [6.45, 7) is 2.94. The molecule has 3 heteroatoms. The monoisotopic (exact) mass is 259 g/mol. The minimum atomic E-state index is 0.595. The first-order valence-corrected chi connectivity index (χ1v) is 7.30. The number of nitrogens with one attached hydrogen (secondary N) is 2.